The summed E-state index contributed by atoms with van der Waals surface area (Å²) in [6, 6.07) is 6.46. The lowest BCUT2D eigenvalue weighted by atomic mass is 10.1. The molecule has 0 bridgehead atoms. The lowest BCUT2D eigenvalue weighted by Gasteiger charge is -2.03. The Balaban J connectivity index is 0.000000277. The maximum absolute atomic E-state index is 10.4. The lowest BCUT2D eigenvalue weighted by molar-refractivity contribution is -0.145. The van der Waals surface area contributed by atoms with Crippen LogP contribution in [0.5, 0.6) is 5.75 Å². The molecule has 0 saturated heterocycles. The van der Waals surface area contributed by atoms with Gasteiger partial charge in [0.15, 0.2) is 6.04 Å². The smallest absolute Gasteiger partial charge is 0.330 e. The Bertz CT molecular complexity index is 711. The van der Waals surface area contributed by atoms with E-state index in [1.807, 2.05) is 11.4 Å². The van der Waals surface area contributed by atoms with Gasteiger partial charge in [-0.15, -0.1) is 11.3 Å². The van der Waals surface area contributed by atoms with Crippen LogP contribution in [0, 0.1) is 11.3 Å². The molecule has 2 rings (SSSR count). The van der Waals surface area contributed by atoms with E-state index in [2.05, 4.69) is 15.8 Å². The summed E-state index contributed by atoms with van der Waals surface area (Å²) in [5.74, 6) is -0.0784. The van der Waals surface area contributed by atoms with E-state index in [4.69, 9.17) is 15.7 Å². The van der Waals surface area contributed by atoms with Crippen molar-refractivity contribution in [1.29, 1.82) is 5.26 Å². The van der Waals surface area contributed by atoms with Gasteiger partial charge in [-0.25, -0.2) is 9.78 Å². The number of nitriles is 1. The molecule has 2 aromatic rings. The van der Waals surface area contributed by atoms with Crippen LogP contribution in [0.3, 0.4) is 0 Å². The van der Waals surface area contributed by atoms with Gasteiger partial charge in [0, 0.05) is 17.1 Å². The van der Waals surface area contributed by atoms with Crippen LogP contribution in [0.25, 0.3) is 10.6 Å². The standard InChI is InChI=1S/C11H8N2OS.C5H9NO3/c1-14-10-3-2-8(6-9(10)7-12)11-13-4-5-15-11;1-2-9-5(8)4(6)3-7/h2-6H,1H3;3-4H,2,6H2,1H3. The molecule has 126 valence electrons. The van der Waals surface area contributed by atoms with Crippen LogP contribution < -0.4 is 10.5 Å². The molecule has 0 aliphatic rings. The molecule has 1 aromatic heterocycles. The molecule has 0 fully saturated rings. The number of nitrogens with two attached hydrogens (primary N) is 1. The van der Waals surface area contributed by atoms with Crippen molar-refractivity contribution in [2.24, 2.45) is 5.73 Å². The second kappa shape index (κ2) is 10.1. The van der Waals surface area contributed by atoms with Crippen LogP contribution in [-0.2, 0) is 14.3 Å². The highest BCUT2D eigenvalue weighted by Crippen LogP contribution is 2.27. The van der Waals surface area contributed by atoms with Crippen molar-refractivity contribution in [2.75, 3.05) is 13.7 Å². The zero-order valence-electron chi connectivity index (χ0n) is 13.3. The first kappa shape index (κ1) is 19.3. The minimum absolute atomic E-state index is 0.250. The number of rotatable bonds is 5. The average Bonchev–Trinajstić information content (AvgIpc) is 3.15. The number of hydrogen-bond donors (Lipinski definition) is 1. The van der Waals surface area contributed by atoms with Crippen LogP contribution in [0.2, 0.25) is 0 Å². The van der Waals surface area contributed by atoms with Crippen molar-refractivity contribution in [3.63, 3.8) is 0 Å². The third-order valence-electron chi connectivity index (χ3n) is 2.70. The minimum Gasteiger partial charge on any atom is -0.495 e. The zero-order chi connectivity index (χ0) is 17.9. The molecular formula is C16H17N3O4S. The van der Waals surface area contributed by atoms with Crippen molar-refractivity contribution in [3.8, 4) is 22.4 Å². The van der Waals surface area contributed by atoms with Gasteiger partial charge in [-0.1, -0.05) is 0 Å². The normalized spacial score (nSPS) is 10.6. The van der Waals surface area contributed by atoms with E-state index in [9.17, 15) is 9.59 Å². The number of benzene rings is 1. The molecule has 1 unspecified atom stereocenters. The second-order valence-corrected chi connectivity index (χ2v) is 5.17. The van der Waals surface area contributed by atoms with E-state index in [1.54, 1.807) is 43.7 Å². The summed E-state index contributed by atoms with van der Waals surface area (Å²) in [6.45, 7) is 1.90. The Morgan fingerprint density at radius 2 is 2.29 bits per heavy atom. The Labute approximate surface area is 143 Å². The summed E-state index contributed by atoms with van der Waals surface area (Å²) in [6.07, 6.45) is 2.09. The summed E-state index contributed by atoms with van der Waals surface area (Å²) in [7, 11) is 1.55. The first-order chi connectivity index (χ1) is 11.6. The molecule has 8 heteroatoms. The minimum atomic E-state index is -1.12. The summed E-state index contributed by atoms with van der Waals surface area (Å²) in [5, 5.41) is 11.7. The van der Waals surface area contributed by atoms with Crippen LogP contribution >= 0.6 is 11.3 Å². The number of aldehydes is 1. The quantitative estimate of drug-likeness (QED) is 0.498. The van der Waals surface area contributed by atoms with E-state index in [0.717, 1.165) is 10.6 Å². The third kappa shape index (κ3) is 5.46. The van der Waals surface area contributed by atoms with Crippen molar-refractivity contribution >= 4 is 23.6 Å². The molecule has 1 aromatic carbocycles. The maximum atomic E-state index is 10.4. The molecule has 0 saturated carbocycles. The number of thiazole rings is 1. The number of methoxy groups -OCH3 is 1. The summed E-state index contributed by atoms with van der Waals surface area (Å²) in [4.78, 5) is 24.4. The van der Waals surface area contributed by atoms with E-state index in [0.29, 0.717) is 17.6 Å². The first-order valence-electron chi connectivity index (χ1n) is 6.92. The van der Waals surface area contributed by atoms with E-state index >= 15 is 0 Å². The predicted octanol–water partition coefficient (Wildman–Crippen LogP) is 1.77. The van der Waals surface area contributed by atoms with Gasteiger partial charge in [0.05, 0.1) is 19.3 Å². The monoisotopic (exact) mass is 347 g/mol. The highest BCUT2D eigenvalue weighted by molar-refractivity contribution is 7.13. The fraction of sp³-hybridized carbons (Fsp3) is 0.250. The van der Waals surface area contributed by atoms with Gasteiger partial charge in [0.2, 0.25) is 0 Å². The molecule has 1 atom stereocenters. The van der Waals surface area contributed by atoms with Crippen LogP contribution in [0.1, 0.15) is 12.5 Å². The number of nitrogens with zero attached hydrogens (tertiary/aromatic N) is 2. The third-order valence-corrected chi connectivity index (χ3v) is 3.53. The topological polar surface area (TPSA) is 115 Å². The number of aromatic nitrogens is 1. The van der Waals surface area contributed by atoms with Crippen molar-refractivity contribution in [2.45, 2.75) is 13.0 Å². The zero-order valence-corrected chi connectivity index (χ0v) is 14.1. The van der Waals surface area contributed by atoms with Crippen molar-refractivity contribution in [3.05, 3.63) is 35.3 Å². The van der Waals surface area contributed by atoms with E-state index in [-0.39, 0.29) is 6.61 Å². The molecule has 24 heavy (non-hydrogen) atoms. The Hall–Kier alpha value is -2.76. The van der Waals surface area contributed by atoms with Gasteiger partial charge in [-0.2, -0.15) is 5.26 Å². The van der Waals surface area contributed by atoms with Crippen LogP contribution in [-0.4, -0.2) is 37.0 Å². The molecule has 1 heterocycles. The number of ether oxygens (including phenoxy) is 2. The Morgan fingerprint density at radius 3 is 2.79 bits per heavy atom. The fourth-order valence-electron chi connectivity index (χ4n) is 1.59. The molecule has 2 N–H and O–H groups in total. The van der Waals surface area contributed by atoms with Gasteiger partial charge in [0.25, 0.3) is 0 Å². The van der Waals surface area contributed by atoms with Gasteiger partial charge < -0.3 is 20.0 Å². The SMILES string of the molecule is CCOC(=O)C(N)C=O.COc1ccc(-c2nccs2)cc1C#N. The molecular weight excluding hydrogens is 330 g/mol. The van der Waals surface area contributed by atoms with Gasteiger partial charge in [0.1, 0.15) is 23.1 Å². The second-order valence-electron chi connectivity index (χ2n) is 4.28. The molecule has 0 amide bonds. The van der Waals surface area contributed by atoms with Gasteiger partial charge >= 0.3 is 5.97 Å². The summed E-state index contributed by atoms with van der Waals surface area (Å²) >= 11 is 1.55. The van der Waals surface area contributed by atoms with Crippen molar-refractivity contribution < 1.29 is 19.1 Å². The van der Waals surface area contributed by atoms with Crippen molar-refractivity contribution in [1.82, 2.24) is 4.98 Å². The fourth-order valence-corrected chi connectivity index (χ4v) is 2.22. The maximum Gasteiger partial charge on any atom is 0.330 e. The molecule has 0 aliphatic carbocycles. The van der Waals surface area contributed by atoms with Crippen LogP contribution in [0.4, 0.5) is 0 Å². The van der Waals surface area contributed by atoms with E-state index in [1.165, 1.54) is 0 Å². The van der Waals surface area contributed by atoms with E-state index < -0.39 is 12.0 Å². The Kier molecular flexibility index (Phi) is 8.11. The molecule has 0 radical (unpaired) electrons. The van der Waals surface area contributed by atoms with Crippen LogP contribution in [0.15, 0.2) is 29.8 Å². The lowest BCUT2D eigenvalue weighted by Crippen LogP contribution is -2.33. The molecule has 7 nitrogen and oxygen atoms in total. The van der Waals surface area contributed by atoms with Gasteiger partial charge in [-0.05, 0) is 25.1 Å². The largest absolute Gasteiger partial charge is 0.495 e. The number of esters is 1. The number of hydrogen-bond acceptors (Lipinski definition) is 8. The highest BCUT2D eigenvalue weighted by Gasteiger charge is 2.11. The highest BCUT2D eigenvalue weighted by atomic mass is 32.1. The molecule has 0 aliphatic heterocycles. The molecule has 0 spiro atoms. The average molecular weight is 347 g/mol. The number of carbonyl (C=O) groups is 2. The Morgan fingerprint density at radius 1 is 1.54 bits per heavy atom. The van der Waals surface area contributed by atoms with Gasteiger partial charge in [-0.3, -0.25) is 0 Å². The predicted molar refractivity (Wildman–Crippen MR) is 89.5 cm³/mol. The first-order valence-corrected chi connectivity index (χ1v) is 7.80. The summed E-state index contributed by atoms with van der Waals surface area (Å²) in [5.41, 5.74) is 6.44. The summed E-state index contributed by atoms with van der Waals surface area (Å²) < 4.78 is 9.47. The number of carbonyl (C=O) groups excluding carboxylic acids is 2.